The van der Waals surface area contributed by atoms with Gasteiger partial charge >= 0.3 is 0 Å². The molecule has 2 aliphatic heterocycles. The molecule has 13 nitrogen and oxygen atoms in total. The highest BCUT2D eigenvalue weighted by atomic mass is 19.1. The molecule has 2 aromatic heterocycles. The van der Waals surface area contributed by atoms with E-state index in [0.29, 0.717) is 53.4 Å². The van der Waals surface area contributed by atoms with E-state index in [9.17, 15) is 23.6 Å². The summed E-state index contributed by atoms with van der Waals surface area (Å²) in [6.45, 7) is 4.97. The van der Waals surface area contributed by atoms with E-state index in [-0.39, 0.29) is 53.2 Å². The van der Waals surface area contributed by atoms with Crippen LogP contribution in [-0.4, -0.2) is 88.5 Å². The Morgan fingerprint density at radius 2 is 1.58 bits per heavy atom. The first-order valence-corrected chi connectivity index (χ1v) is 21.4. The molecule has 4 fully saturated rings. The van der Waals surface area contributed by atoms with E-state index in [1.54, 1.807) is 54.7 Å². The average molecular weight is 822 g/mol. The van der Waals surface area contributed by atoms with Crippen LogP contribution >= 0.6 is 0 Å². The van der Waals surface area contributed by atoms with Crippen molar-refractivity contribution in [2.24, 2.45) is 17.8 Å². The number of carbonyl (C=O) groups excluding carboxylic acids is 3. The lowest BCUT2D eigenvalue weighted by atomic mass is 9.81. The Morgan fingerprint density at radius 1 is 0.800 bits per heavy atom. The number of aromatic nitrogens is 3. The zero-order valence-electron chi connectivity index (χ0n) is 33.8. The molecule has 2 aliphatic carbocycles. The SMILES string of the molecule is O=C1CCC(Nc2ccc(N3CCN(C[C@H]4CC[C@H](CNC(=O)[C@H]5CC[C@H](Nc6ncc(F)c(-c7cccc(-n8ccccc8=O)c7)n6)CC5)CC4)CC3)c(F)c2)C(=O)N1. The van der Waals surface area contributed by atoms with E-state index in [0.717, 1.165) is 84.1 Å². The number of rotatable bonds is 12. The summed E-state index contributed by atoms with van der Waals surface area (Å²) >= 11 is 0. The summed E-state index contributed by atoms with van der Waals surface area (Å²) in [5.74, 6) is -0.0145. The molecule has 1 atom stereocenters. The van der Waals surface area contributed by atoms with E-state index in [1.807, 2.05) is 0 Å². The number of pyridine rings is 1. The molecule has 3 amide bonds. The van der Waals surface area contributed by atoms with Crippen LogP contribution in [0.5, 0.6) is 0 Å². The van der Waals surface area contributed by atoms with Crippen LogP contribution in [0.2, 0.25) is 0 Å². The van der Waals surface area contributed by atoms with Gasteiger partial charge in [0.2, 0.25) is 23.7 Å². The molecule has 4 aliphatic rings. The van der Waals surface area contributed by atoms with Gasteiger partial charge in [-0.05, 0) is 106 Å². The molecular formula is C45H53F2N9O4. The molecule has 0 bridgehead atoms. The van der Waals surface area contributed by atoms with Crippen LogP contribution in [0.3, 0.4) is 0 Å². The summed E-state index contributed by atoms with van der Waals surface area (Å²) in [7, 11) is 0. The maximum atomic E-state index is 15.2. The molecule has 1 unspecified atom stereocenters. The number of hydrogen-bond acceptors (Lipinski definition) is 10. The molecule has 2 saturated heterocycles. The first kappa shape index (κ1) is 41.1. The topological polar surface area (TPSA) is 154 Å². The third-order valence-electron chi connectivity index (χ3n) is 12.7. The molecule has 4 heterocycles. The van der Waals surface area contributed by atoms with E-state index in [1.165, 1.54) is 22.9 Å². The summed E-state index contributed by atoms with van der Waals surface area (Å²) in [6.07, 6.45) is 11.0. The molecule has 15 heteroatoms. The van der Waals surface area contributed by atoms with Crippen LogP contribution in [0.25, 0.3) is 16.9 Å². The maximum Gasteiger partial charge on any atom is 0.255 e. The van der Waals surface area contributed by atoms with E-state index in [4.69, 9.17) is 0 Å². The van der Waals surface area contributed by atoms with Crippen molar-refractivity contribution in [2.75, 3.05) is 54.8 Å². The van der Waals surface area contributed by atoms with Crippen LogP contribution in [0.1, 0.15) is 64.2 Å². The number of carbonyl (C=O) groups is 3. The number of piperidine rings is 1. The number of imide groups is 1. The lowest BCUT2D eigenvalue weighted by Crippen LogP contribution is -2.48. The lowest BCUT2D eigenvalue weighted by Gasteiger charge is -2.39. The first-order valence-electron chi connectivity index (χ1n) is 21.4. The molecule has 316 valence electrons. The summed E-state index contributed by atoms with van der Waals surface area (Å²) < 4.78 is 31.6. The Morgan fingerprint density at radius 3 is 2.33 bits per heavy atom. The zero-order valence-corrected chi connectivity index (χ0v) is 33.8. The van der Waals surface area contributed by atoms with Crippen LogP contribution in [0.15, 0.2) is 77.9 Å². The Kier molecular flexibility index (Phi) is 12.8. The highest BCUT2D eigenvalue weighted by Gasteiger charge is 2.30. The second-order valence-electron chi connectivity index (χ2n) is 16.8. The summed E-state index contributed by atoms with van der Waals surface area (Å²) in [6, 6.07) is 16.5. The van der Waals surface area contributed by atoms with Crippen molar-refractivity contribution >= 4 is 35.0 Å². The van der Waals surface area contributed by atoms with Crippen molar-refractivity contribution in [2.45, 2.75) is 76.3 Å². The summed E-state index contributed by atoms with van der Waals surface area (Å²) in [5.41, 5.74) is 2.21. The monoisotopic (exact) mass is 821 g/mol. The van der Waals surface area contributed by atoms with Crippen molar-refractivity contribution in [3.8, 4) is 16.9 Å². The first-order chi connectivity index (χ1) is 29.1. The van der Waals surface area contributed by atoms with Gasteiger partial charge in [0.25, 0.3) is 5.56 Å². The minimum Gasteiger partial charge on any atom is -0.374 e. The number of amides is 3. The van der Waals surface area contributed by atoms with Crippen molar-refractivity contribution < 1.29 is 23.2 Å². The largest absolute Gasteiger partial charge is 0.374 e. The number of halogens is 2. The minimum absolute atomic E-state index is 0.0344. The second-order valence-corrected chi connectivity index (χ2v) is 16.8. The molecule has 2 aromatic carbocycles. The van der Waals surface area contributed by atoms with Crippen LogP contribution in [0.4, 0.5) is 26.1 Å². The molecule has 60 heavy (non-hydrogen) atoms. The predicted molar refractivity (Wildman–Crippen MR) is 226 cm³/mol. The number of benzene rings is 2. The van der Waals surface area contributed by atoms with Gasteiger partial charge < -0.3 is 20.9 Å². The highest BCUT2D eigenvalue weighted by Crippen LogP contribution is 2.32. The Labute approximate surface area is 348 Å². The van der Waals surface area contributed by atoms with Crippen molar-refractivity contribution in [1.82, 2.24) is 30.1 Å². The van der Waals surface area contributed by atoms with Gasteiger partial charge in [-0.15, -0.1) is 0 Å². The van der Waals surface area contributed by atoms with Crippen molar-refractivity contribution in [1.29, 1.82) is 0 Å². The number of anilines is 3. The molecule has 0 spiro atoms. The number of nitrogens with one attached hydrogen (secondary N) is 4. The van der Waals surface area contributed by atoms with Gasteiger partial charge in [-0.3, -0.25) is 34.0 Å². The Bertz CT molecular complexity index is 2230. The maximum absolute atomic E-state index is 15.2. The predicted octanol–water partition coefficient (Wildman–Crippen LogP) is 5.51. The van der Waals surface area contributed by atoms with Gasteiger partial charge in [-0.1, -0.05) is 18.2 Å². The van der Waals surface area contributed by atoms with Gasteiger partial charge in [0.05, 0.1) is 11.9 Å². The van der Waals surface area contributed by atoms with Gasteiger partial charge in [-0.2, -0.15) is 0 Å². The van der Waals surface area contributed by atoms with E-state index in [2.05, 4.69) is 41.0 Å². The smallest absolute Gasteiger partial charge is 0.255 e. The Hall–Kier alpha value is -5.70. The summed E-state index contributed by atoms with van der Waals surface area (Å²) in [5, 5.41) is 12.0. The number of nitrogens with zero attached hydrogens (tertiary/aromatic N) is 5. The van der Waals surface area contributed by atoms with Crippen LogP contribution in [-0.2, 0) is 14.4 Å². The molecule has 4 N–H and O–H groups in total. The fraction of sp³-hybridized carbons (Fsp3) is 0.467. The third-order valence-corrected chi connectivity index (χ3v) is 12.7. The fourth-order valence-electron chi connectivity index (χ4n) is 9.19. The van der Waals surface area contributed by atoms with Crippen LogP contribution < -0.4 is 31.7 Å². The van der Waals surface area contributed by atoms with Crippen molar-refractivity contribution in [3.05, 3.63) is 95.0 Å². The van der Waals surface area contributed by atoms with Gasteiger partial charge in [0.15, 0.2) is 5.82 Å². The standard InChI is InChI=1S/C45H53F2N9O4/c46-36-25-34(50-38-16-18-40(57)52-44(38)60)15-17-39(36)55-22-20-54(21-23-55)28-30-9-7-29(8-10-30)26-48-43(59)31-11-13-33(14-12-31)51-45-49-27-37(47)42(53-45)32-4-3-5-35(24-32)56-19-2-1-6-41(56)58/h1-6,15,17,19,24-25,27,29-31,33,38,50H,7-14,16,18,20-23,26,28H2,(H,48,59)(H,49,51,53)(H,52,57,60)/t29-,30-,31-,33-,38?. The third kappa shape index (κ3) is 10.0. The van der Waals surface area contributed by atoms with Gasteiger partial charge in [0.1, 0.15) is 17.6 Å². The zero-order chi connectivity index (χ0) is 41.6. The minimum atomic E-state index is -0.553. The van der Waals surface area contributed by atoms with E-state index >= 15 is 4.39 Å². The van der Waals surface area contributed by atoms with Gasteiger partial charge in [-0.25, -0.2) is 18.7 Å². The quantitative estimate of drug-likeness (QED) is 0.135. The molecule has 8 rings (SSSR count). The fourth-order valence-corrected chi connectivity index (χ4v) is 9.19. The molecule has 4 aromatic rings. The number of piperazine rings is 1. The molecular weight excluding hydrogens is 769 g/mol. The molecule has 0 radical (unpaired) electrons. The normalized spacial score (nSPS) is 23.8. The second kappa shape index (κ2) is 18.7. The van der Waals surface area contributed by atoms with Gasteiger partial charge in [0, 0.05) is 86.9 Å². The molecule has 2 saturated carbocycles. The van der Waals surface area contributed by atoms with Crippen LogP contribution in [0, 0.1) is 29.4 Å². The van der Waals surface area contributed by atoms with Crippen molar-refractivity contribution in [3.63, 3.8) is 0 Å². The highest BCUT2D eigenvalue weighted by molar-refractivity contribution is 6.01. The van der Waals surface area contributed by atoms with E-state index < -0.39 is 11.9 Å². The lowest BCUT2D eigenvalue weighted by molar-refractivity contribution is -0.133. The summed E-state index contributed by atoms with van der Waals surface area (Å²) in [4.78, 5) is 62.4. The Balaban J connectivity index is 0.726. The average Bonchev–Trinajstić information content (AvgIpc) is 3.26. The number of hydrogen-bond donors (Lipinski definition) is 4.